The van der Waals surface area contributed by atoms with Gasteiger partial charge in [-0.3, -0.25) is 24.1 Å². The van der Waals surface area contributed by atoms with Gasteiger partial charge < -0.3 is 9.80 Å². The summed E-state index contributed by atoms with van der Waals surface area (Å²) in [5, 5.41) is 0.517. The molecule has 2 aromatic carbocycles. The summed E-state index contributed by atoms with van der Waals surface area (Å²) in [5.74, 6) is -3.25. The van der Waals surface area contributed by atoms with Crippen LogP contribution in [0.2, 0.25) is 10.0 Å². The predicted octanol–water partition coefficient (Wildman–Crippen LogP) is 3.24. The fourth-order valence-corrected chi connectivity index (χ4v) is 6.07. The highest BCUT2D eigenvalue weighted by Crippen LogP contribution is 2.53. The second-order valence-corrected chi connectivity index (χ2v) is 9.93. The van der Waals surface area contributed by atoms with E-state index in [1.165, 1.54) is 28.0 Å². The maximum atomic E-state index is 13.7. The largest absolute Gasteiger partial charge is 0.339 e. The van der Waals surface area contributed by atoms with Crippen molar-refractivity contribution in [3.05, 3.63) is 69.7 Å². The lowest BCUT2D eigenvalue weighted by Gasteiger charge is -2.47. The van der Waals surface area contributed by atoms with Crippen molar-refractivity contribution < 1.29 is 19.2 Å². The average molecular weight is 500 g/mol. The number of nitrogens with zero attached hydrogens (tertiary/aromatic N) is 3. The number of amides is 4. The van der Waals surface area contributed by atoms with E-state index in [-0.39, 0.29) is 35.5 Å². The minimum Gasteiger partial charge on any atom is -0.339 e. The third kappa shape index (κ3) is 3.10. The number of fused-ring (bicyclic) bond motifs is 5. The first kappa shape index (κ1) is 22.9. The molecule has 9 heteroatoms. The predicted molar refractivity (Wildman–Crippen MR) is 126 cm³/mol. The van der Waals surface area contributed by atoms with Crippen molar-refractivity contribution in [1.29, 1.82) is 0 Å². The third-order valence-corrected chi connectivity index (χ3v) is 8.11. The van der Waals surface area contributed by atoms with Gasteiger partial charge in [0.05, 0.1) is 34.5 Å². The van der Waals surface area contributed by atoms with Gasteiger partial charge >= 0.3 is 0 Å². The van der Waals surface area contributed by atoms with Gasteiger partial charge in [0.25, 0.3) is 5.91 Å². The number of likely N-dealkylation sites (tertiary alicyclic amines) is 2. The van der Waals surface area contributed by atoms with E-state index in [2.05, 4.69) is 0 Å². The molecule has 0 aromatic heterocycles. The van der Waals surface area contributed by atoms with Crippen molar-refractivity contribution >= 4 is 46.8 Å². The summed E-state index contributed by atoms with van der Waals surface area (Å²) in [7, 11) is 0. The molecule has 4 atom stereocenters. The van der Waals surface area contributed by atoms with Crippen LogP contribution in [0.25, 0.3) is 0 Å². The molecule has 0 radical (unpaired) electrons. The van der Waals surface area contributed by atoms with Crippen LogP contribution in [0.4, 0.5) is 0 Å². The van der Waals surface area contributed by atoms with Crippen LogP contribution in [0.1, 0.15) is 29.8 Å². The Labute approximate surface area is 207 Å². The molecule has 176 valence electrons. The molecule has 4 amide bonds. The number of imide groups is 1. The van der Waals surface area contributed by atoms with Crippen molar-refractivity contribution in [2.75, 3.05) is 13.1 Å². The molecule has 3 fully saturated rings. The molecule has 5 rings (SSSR count). The van der Waals surface area contributed by atoms with Crippen molar-refractivity contribution in [1.82, 2.24) is 14.7 Å². The highest BCUT2D eigenvalue weighted by atomic mass is 35.5. The van der Waals surface area contributed by atoms with Crippen LogP contribution in [0.15, 0.2) is 48.5 Å². The van der Waals surface area contributed by atoms with Gasteiger partial charge in [0.2, 0.25) is 17.7 Å². The standard InChI is InChI=1S/C25H23Cl2N3O4/c1-3-28-13-18-19-20(23(33)29(22(19)32)12-14-7-5-4-6-8-14)25(2,24(28)34)30(18)21(31)15-9-10-16(26)17(27)11-15/h4-11,18-20H,3,12-13H2,1-2H3/t18-,19+,20-,25-/m1/s1. The van der Waals surface area contributed by atoms with Crippen LogP contribution < -0.4 is 0 Å². The molecule has 7 nitrogen and oxygen atoms in total. The Morgan fingerprint density at radius 3 is 2.38 bits per heavy atom. The van der Waals surface area contributed by atoms with E-state index in [4.69, 9.17) is 23.2 Å². The zero-order valence-corrected chi connectivity index (χ0v) is 20.2. The number of rotatable bonds is 4. The molecule has 3 aliphatic heterocycles. The molecule has 0 spiro atoms. The molecule has 34 heavy (non-hydrogen) atoms. The first-order valence-electron chi connectivity index (χ1n) is 11.2. The third-order valence-electron chi connectivity index (χ3n) is 7.37. The summed E-state index contributed by atoms with van der Waals surface area (Å²) in [5.41, 5.74) is -0.403. The summed E-state index contributed by atoms with van der Waals surface area (Å²) in [6, 6.07) is 13.1. The Morgan fingerprint density at radius 2 is 1.74 bits per heavy atom. The summed E-state index contributed by atoms with van der Waals surface area (Å²) >= 11 is 12.2. The van der Waals surface area contributed by atoms with Gasteiger partial charge in [0.15, 0.2) is 0 Å². The highest BCUT2D eigenvalue weighted by molar-refractivity contribution is 6.42. The maximum Gasteiger partial charge on any atom is 0.255 e. The molecule has 3 aliphatic rings. The van der Waals surface area contributed by atoms with Gasteiger partial charge in [-0.15, -0.1) is 0 Å². The van der Waals surface area contributed by atoms with Gasteiger partial charge in [-0.1, -0.05) is 53.5 Å². The lowest BCUT2D eigenvalue weighted by molar-refractivity contribution is -0.155. The zero-order valence-electron chi connectivity index (χ0n) is 18.7. The van der Waals surface area contributed by atoms with Gasteiger partial charge in [0, 0.05) is 18.7 Å². The first-order valence-corrected chi connectivity index (χ1v) is 11.9. The fourth-order valence-electron chi connectivity index (χ4n) is 5.77. The monoisotopic (exact) mass is 499 g/mol. The smallest absolute Gasteiger partial charge is 0.255 e. The van der Waals surface area contributed by atoms with E-state index in [9.17, 15) is 19.2 Å². The van der Waals surface area contributed by atoms with Gasteiger partial charge in [-0.2, -0.15) is 0 Å². The van der Waals surface area contributed by atoms with E-state index in [1.807, 2.05) is 37.3 Å². The number of benzene rings is 2. The van der Waals surface area contributed by atoms with E-state index >= 15 is 0 Å². The van der Waals surface area contributed by atoms with Crippen molar-refractivity contribution in [3.63, 3.8) is 0 Å². The van der Waals surface area contributed by atoms with Crippen LogP contribution in [0, 0.1) is 11.8 Å². The second-order valence-electron chi connectivity index (χ2n) is 9.11. The molecule has 0 saturated carbocycles. The number of hydrogen-bond donors (Lipinski definition) is 0. The van der Waals surface area contributed by atoms with E-state index in [1.54, 1.807) is 11.8 Å². The number of carbonyl (C=O) groups is 4. The van der Waals surface area contributed by atoms with Crippen molar-refractivity contribution in [3.8, 4) is 0 Å². The molecule has 0 unspecified atom stereocenters. The minimum atomic E-state index is -1.48. The van der Waals surface area contributed by atoms with Crippen molar-refractivity contribution in [2.24, 2.45) is 11.8 Å². The van der Waals surface area contributed by atoms with Crippen LogP contribution in [-0.4, -0.2) is 63.0 Å². The lowest BCUT2D eigenvalue weighted by Crippen LogP contribution is -2.68. The van der Waals surface area contributed by atoms with Gasteiger partial charge in [-0.05, 0) is 37.6 Å². The van der Waals surface area contributed by atoms with E-state index < -0.39 is 35.2 Å². The molecule has 2 bridgehead atoms. The van der Waals surface area contributed by atoms with E-state index in [0.29, 0.717) is 11.6 Å². The molecular formula is C25H23Cl2N3O4. The van der Waals surface area contributed by atoms with Crippen LogP contribution in [0.5, 0.6) is 0 Å². The number of halogens is 2. The first-order chi connectivity index (χ1) is 16.2. The summed E-state index contributed by atoms with van der Waals surface area (Å²) in [4.78, 5) is 58.9. The summed E-state index contributed by atoms with van der Waals surface area (Å²) < 4.78 is 0. The second kappa shape index (κ2) is 8.10. The number of carbonyl (C=O) groups excluding carboxylic acids is 4. The normalized spacial score (nSPS) is 28.1. The maximum absolute atomic E-state index is 13.7. The number of likely N-dealkylation sites (N-methyl/N-ethyl adjacent to an activating group) is 1. The Balaban J connectivity index is 1.57. The lowest BCUT2D eigenvalue weighted by atomic mass is 9.81. The van der Waals surface area contributed by atoms with Gasteiger partial charge in [0.1, 0.15) is 5.54 Å². The van der Waals surface area contributed by atoms with Crippen LogP contribution in [-0.2, 0) is 20.9 Å². The van der Waals surface area contributed by atoms with Gasteiger partial charge in [-0.25, -0.2) is 0 Å². The van der Waals surface area contributed by atoms with Crippen molar-refractivity contribution in [2.45, 2.75) is 32.0 Å². The zero-order chi connectivity index (χ0) is 24.4. The Hall–Kier alpha value is -2.90. The molecular weight excluding hydrogens is 477 g/mol. The minimum absolute atomic E-state index is 0.140. The fraction of sp³-hybridized carbons (Fsp3) is 0.360. The molecule has 0 N–H and O–H groups in total. The number of piperazine rings is 1. The van der Waals surface area contributed by atoms with Crippen LogP contribution in [0.3, 0.4) is 0 Å². The number of hydrogen-bond acceptors (Lipinski definition) is 4. The molecule has 3 saturated heterocycles. The topological polar surface area (TPSA) is 78.0 Å². The van der Waals surface area contributed by atoms with Crippen LogP contribution >= 0.6 is 23.2 Å². The molecule has 2 aromatic rings. The Bertz CT molecular complexity index is 1220. The highest BCUT2D eigenvalue weighted by Gasteiger charge is 2.73. The van der Waals surface area contributed by atoms with E-state index in [0.717, 1.165) is 5.56 Å². The molecule has 3 heterocycles. The summed E-state index contributed by atoms with van der Waals surface area (Å²) in [6.45, 7) is 4.22. The Kier molecular flexibility index (Phi) is 5.45. The SMILES string of the molecule is CCN1C[C@@H]2[C@@H]3C(=O)N(Cc4ccccc4)C(=O)[C@@H]3[C@](C)(C1=O)N2C(=O)c1ccc(Cl)c(Cl)c1. The Morgan fingerprint density at radius 1 is 1.03 bits per heavy atom. The quantitative estimate of drug-likeness (QED) is 0.605. The molecule has 0 aliphatic carbocycles. The summed E-state index contributed by atoms with van der Waals surface area (Å²) in [6.07, 6.45) is 0. The average Bonchev–Trinajstić information content (AvgIpc) is 3.20.